The molecule has 7 heteroatoms. The van der Waals surface area contributed by atoms with Crippen LogP contribution in [0.15, 0.2) is 35.5 Å². The van der Waals surface area contributed by atoms with Gasteiger partial charge in [0.2, 0.25) is 0 Å². The lowest BCUT2D eigenvalue weighted by atomic mass is 9.40. The van der Waals surface area contributed by atoms with Crippen molar-refractivity contribution in [3.8, 4) is 0 Å². The van der Waals surface area contributed by atoms with E-state index in [-0.39, 0.29) is 30.0 Å². The molecule has 2 fully saturated rings. The molecule has 0 spiro atoms. The fourth-order valence-electron chi connectivity index (χ4n) is 6.77. The second-order valence-corrected chi connectivity index (χ2v) is 10.1. The highest BCUT2D eigenvalue weighted by atomic mass is 19.1. The van der Waals surface area contributed by atoms with Crippen molar-refractivity contribution in [2.24, 2.45) is 22.2 Å². The summed E-state index contributed by atoms with van der Waals surface area (Å²) in [4.78, 5) is 35.9. The molecule has 2 saturated carbocycles. The number of halogens is 2. The number of ether oxygens (including phenoxy) is 1. The number of allylic oxidation sites excluding steroid dienone is 5. The molecule has 0 aliphatic heterocycles. The van der Waals surface area contributed by atoms with Gasteiger partial charge in [-0.25, -0.2) is 8.78 Å². The van der Waals surface area contributed by atoms with Gasteiger partial charge in [-0.15, -0.1) is 0 Å². The number of ketones is 2. The van der Waals surface area contributed by atoms with E-state index in [2.05, 4.69) is 0 Å². The molecule has 0 heterocycles. The summed E-state index contributed by atoms with van der Waals surface area (Å²) in [5, 5.41) is 11.2. The number of alkyl halides is 2. The Morgan fingerprint density at radius 3 is 2.61 bits per heavy atom. The molecule has 4 aliphatic rings. The minimum atomic E-state index is -2.20. The minimum Gasteiger partial charge on any atom is -0.457 e. The summed E-state index contributed by atoms with van der Waals surface area (Å²) in [6.07, 6.45) is 2.65. The summed E-state index contributed by atoms with van der Waals surface area (Å²) < 4.78 is 37.3. The van der Waals surface area contributed by atoms with Crippen LogP contribution in [0.2, 0.25) is 0 Å². The zero-order valence-corrected chi connectivity index (χ0v) is 18.2. The van der Waals surface area contributed by atoms with Crippen molar-refractivity contribution in [1.29, 1.82) is 0 Å². The number of carbonyl (C=O) groups is 3. The summed E-state index contributed by atoms with van der Waals surface area (Å²) in [6.45, 7) is 5.99. The highest BCUT2D eigenvalue weighted by Gasteiger charge is 2.74. The van der Waals surface area contributed by atoms with Crippen molar-refractivity contribution in [2.75, 3.05) is 6.61 Å². The standard InChI is InChI=1S/C24H28F2O5/c1-13(27)31-12-18(29)15-6-8-22(3)19-10-17(25)16-9-14(28)5-7-21(16,2)24(19,26)20(30)11-23(15,22)4/h5-7,9,17,19-20,30H,8,10-12H2,1-4H3. The van der Waals surface area contributed by atoms with E-state index in [1.54, 1.807) is 13.0 Å². The van der Waals surface area contributed by atoms with Gasteiger partial charge < -0.3 is 9.84 Å². The molecule has 0 radical (unpaired) electrons. The second kappa shape index (κ2) is 6.67. The van der Waals surface area contributed by atoms with Crippen molar-refractivity contribution in [3.63, 3.8) is 0 Å². The first-order valence-electron chi connectivity index (χ1n) is 10.6. The van der Waals surface area contributed by atoms with E-state index in [1.165, 1.54) is 19.1 Å². The van der Waals surface area contributed by atoms with E-state index < -0.39 is 52.7 Å². The Morgan fingerprint density at radius 2 is 1.97 bits per heavy atom. The number of Topliss-reactive ketones (excluding diaryl/α,β-unsaturated/α-hetero) is 1. The number of esters is 1. The lowest BCUT2D eigenvalue weighted by molar-refractivity contribution is -0.222. The first-order chi connectivity index (χ1) is 14.3. The molecule has 4 rings (SSSR count). The Kier molecular flexibility index (Phi) is 4.75. The normalized spacial score (nSPS) is 45.8. The second-order valence-electron chi connectivity index (χ2n) is 10.1. The molecule has 0 amide bonds. The average molecular weight is 434 g/mol. The Morgan fingerprint density at radius 1 is 1.29 bits per heavy atom. The van der Waals surface area contributed by atoms with Crippen LogP contribution in [-0.2, 0) is 19.1 Å². The zero-order chi connectivity index (χ0) is 23.0. The van der Waals surface area contributed by atoms with Crippen LogP contribution in [0.4, 0.5) is 8.78 Å². The maximum atomic E-state index is 17.1. The van der Waals surface area contributed by atoms with Gasteiger partial charge in [0.05, 0.1) is 6.10 Å². The first-order valence-corrected chi connectivity index (χ1v) is 10.6. The summed E-state index contributed by atoms with van der Waals surface area (Å²) in [5.41, 5.74) is -4.94. The van der Waals surface area contributed by atoms with Crippen molar-refractivity contribution < 1.29 is 33.0 Å². The van der Waals surface area contributed by atoms with E-state index in [0.717, 1.165) is 6.08 Å². The summed E-state index contributed by atoms with van der Waals surface area (Å²) in [6, 6.07) is 0. The van der Waals surface area contributed by atoms with Gasteiger partial charge in [0, 0.05) is 29.2 Å². The van der Waals surface area contributed by atoms with Crippen molar-refractivity contribution in [2.45, 2.75) is 64.9 Å². The molecular formula is C24H28F2O5. The Balaban J connectivity index is 1.78. The third kappa shape index (κ3) is 2.65. The maximum Gasteiger partial charge on any atom is 0.303 e. The molecule has 168 valence electrons. The smallest absolute Gasteiger partial charge is 0.303 e. The van der Waals surface area contributed by atoms with Gasteiger partial charge in [0.1, 0.15) is 6.17 Å². The molecular weight excluding hydrogens is 406 g/mol. The topological polar surface area (TPSA) is 80.7 Å². The number of hydrogen-bond acceptors (Lipinski definition) is 5. The first kappa shape index (κ1) is 22.1. The van der Waals surface area contributed by atoms with E-state index >= 15 is 8.78 Å². The number of fused-ring (bicyclic) bond motifs is 5. The van der Waals surface area contributed by atoms with Crippen LogP contribution < -0.4 is 0 Å². The molecule has 7 unspecified atom stereocenters. The number of aliphatic hydroxyl groups excluding tert-OH is 1. The van der Waals surface area contributed by atoms with Gasteiger partial charge in [-0.2, -0.15) is 0 Å². The molecule has 7 atom stereocenters. The number of aliphatic hydroxyl groups is 1. The Hall–Kier alpha value is -2.15. The highest BCUT2D eigenvalue weighted by Crippen LogP contribution is 2.72. The van der Waals surface area contributed by atoms with Crippen LogP contribution in [0.3, 0.4) is 0 Å². The third-order valence-corrected chi connectivity index (χ3v) is 8.71. The van der Waals surface area contributed by atoms with Gasteiger partial charge in [-0.1, -0.05) is 26.0 Å². The molecule has 0 aromatic heterocycles. The van der Waals surface area contributed by atoms with Crippen LogP contribution in [0.25, 0.3) is 0 Å². The Labute approximate surface area is 180 Å². The van der Waals surface area contributed by atoms with Gasteiger partial charge in [0.25, 0.3) is 0 Å². The fourth-order valence-corrected chi connectivity index (χ4v) is 6.77. The van der Waals surface area contributed by atoms with E-state index in [4.69, 9.17) is 4.74 Å². The summed E-state index contributed by atoms with van der Waals surface area (Å²) in [5.74, 6) is -2.24. The quantitative estimate of drug-likeness (QED) is 0.689. The minimum absolute atomic E-state index is 0.0320. The Bertz CT molecular complexity index is 967. The van der Waals surface area contributed by atoms with Crippen LogP contribution in [0.1, 0.15) is 47.0 Å². The van der Waals surface area contributed by atoms with Gasteiger partial charge >= 0.3 is 5.97 Å². The molecule has 0 aromatic rings. The molecule has 5 nitrogen and oxygen atoms in total. The van der Waals surface area contributed by atoms with Crippen molar-refractivity contribution in [1.82, 2.24) is 0 Å². The van der Waals surface area contributed by atoms with Crippen LogP contribution in [0, 0.1) is 22.2 Å². The van der Waals surface area contributed by atoms with Crippen molar-refractivity contribution >= 4 is 17.5 Å². The molecule has 0 bridgehead atoms. The SMILES string of the molecule is CC(=O)OCC(=O)C1=CCC2(C)C3CC(F)C4=CC(=O)C=CC4(C)C3(F)C(O)CC12C. The maximum absolute atomic E-state index is 17.1. The van der Waals surface area contributed by atoms with E-state index in [1.807, 2.05) is 13.8 Å². The van der Waals surface area contributed by atoms with Gasteiger partial charge in [-0.05, 0) is 49.3 Å². The molecule has 31 heavy (non-hydrogen) atoms. The summed E-state index contributed by atoms with van der Waals surface area (Å²) in [7, 11) is 0. The molecule has 4 aliphatic carbocycles. The average Bonchev–Trinajstić information content (AvgIpc) is 2.95. The van der Waals surface area contributed by atoms with E-state index in [0.29, 0.717) is 12.0 Å². The van der Waals surface area contributed by atoms with Crippen molar-refractivity contribution in [3.05, 3.63) is 35.5 Å². The largest absolute Gasteiger partial charge is 0.457 e. The number of carbonyl (C=O) groups excluding carboxylic acids is 3. The highest BCUT2D eigenvalue weighted by molar-refractivity contribution is 6.01. The lowest BCUT2D eigenvalue weighted by Gasteiger charge is -2.66. The molecule has 1 N–H and O–H groups in total. The summed E-state index contributed by atoms with van der Waals surface area (Å²) >= 11 is 0. The predicted octanol–water partition coefficient (Wildman–Crippen LogP) is 3.36. The number of rotatable bonds is 3. The van der Waals surface area contributed by atoms with E-state index in [9.17, 15) is 19.5 Å². The van der Waals surface area contributed by atoms with Crippen LogP contribution >= 0.6 is 0 Å². The predicted molar refractivity (Wildman–Crippen MR) is 108 cm³/mol. The number of hydrogen-bond donors (Lipinski definition) is 1. The van der Waals surface area contributed by atoms with Gasteiger partial charge in [0.15, 0.2) is 23.8 Å². The molecule has 0 aromatic carbocycles. The van der Waals surface area contributed by atoms with Gasteiger partial charge in [-0.3, -0.25) is 14.4 Å². The van der Waals surface area contributed by atoms with Crippen LogP contribution in [-0.4, -0.2) is 47.2 Å². The zero-order valence-electron chi connectivity index (χ0n) is 18.2. The monoisotopic (exact) mass is 434 g/mol. The van der Waals surface area contributed by atoms with Crippen LogP contribution in [0.5, 0.6) is 0 Å². The molecule has 0 saturated heterocycles. The fraction of sp³-hybridized carbons (Fsp3) is 0.625. The third-order valence-electron chi connectivity index (χ3n) is 8.71. The lowest BCUT2D eigenvalue weighted by Crippen LogP contribution is -2.70.